The molecule has 0 aliphatic heterocycles. The van der Waals surface area contributed by atoms with Crippen LogP contribution < -0.4 is 26.0 Å². The Morgan fingerprint density at radius 1 is 1.06 bits per heavy atom. The number of ether oxygens (including phenoxy) is 2. The van der Waals surface area contributed by atoms with Crippen molar-refractivity contribution < 1.29 is 14.3 Å². The molecule has 0 bridgehead atoms. The highest BCUT2D eigenvalue weighted by molar-refractivity contribution is 7.17. The molecule has 0 fully saturated rings. The largest absolute Gasteiger partial charge is 0.497 e. The summed E-state index contributed by atoms with van der Waals surface area (Å²) >= 11 is 1.23. The van der Waals surface area contributed by atoms with Crippen LogP contribution in [0, 0.1) is 6.92 Å². The molecule has 164 valence electrons. The maximum absolute atomic E-state index is 13.3. The molecule has 4 rings (SSSR count). The van der Waals surface area contributed by atoms with Gasteiger partial charge in [0.25, 0.3) is 5.56 Å². The fraction of sp³-hybridized carbons (Fsp3) is 0.174. The molecule has 2 heterocycles. The molecule has 1 N–H and O–H groups in total. The molecule has 0 aliphatic rings. The number of benzene rings is 2. The van der Waals surface area contributed by atoms with E-state index in [0.717, 1.165) is 10.1 Å². The van der Waals surface area contributed by atoms with Gasteiger partial charge in [0.1, 0.15) is 22.7 Å². The Kier molecular flexibility index (Phi) is 5.83. The molecule has 0 spiro atoms. The number of thiophene rings is 1. The van der Waals surface area contributed by atoms with Crippen molar-refractivity contribution in [3.63, 3.8) is 0 Å². The molecular formula is C23H21N3O5S. The molecule has 9 heteroatoms. The number of amides is 1. The maximum Gasteiger partial charge on any atom is 0.336 e. The number of methoxy groups -OCH3 is 2. The van der Waals surface area contributed by atoms with Crippen LogP contribution in [0.1, 0.15) is 5.56 Å². The molecule has 2 aromatic carbocycles. The van der Waals surface area contributed by atoms with Crippen LogP contribution in [-0.2, 0) is 11.3 Å². The monoisotopic (exact) mass is 451 g/mol. The van der Waals surface area contributed by atoms with Crippen LogP contribution >= 0.6 is 11.3 Å². The Hall–Kier alpha value is -3.85. The molecule has 0 radical (unpaired) electrons. The Morgan fingerprint density at radius 3 is 2.59 bits per heavy atom. The van der Waals surface area contributed by atoms with Crippen molar-refractivity contribution in [1.29, 1.82) is 0 Å². The summed E-state index contributed by atoms with van der Waals surface area (Å²) in [6.07, 6.45) is 0. The third kappa shape index (κ3) is 3.90. The average Bonchev–Trinajstić information content (AvgIpc) is 3.27. The first-order valence-corrected chi connectivity index (χ1v) is 10.6. The van der Waals surface area contributed by atoms with E-state index in [1.807, 2.05) is 13.0 Å². The van der Waals surface area contributed by atoms with Gasteiger partial charge in [0.15, 0.2) is 0 Å². The second-order valence-corrected chi connectivity index (χ2v) is 8.01. The summed E-state index contributed by atoms with van der Waals surface area (Å²) in [5.41, 5.74) is 1.21. The number of anilines is 1. The van der Waals surface area contributed by atoms with Crippen LogP contribution in [-0.4, -0.2) is 29.3 Å². The van der Waals surface area contributed by atoms with E-state index in [9.17, 15) is 14.4 Å². The minimum absolute atomic E-state index is 0.279. The van der Waals surface area contributed by atoms with Gasteiger partial charge in [-0.1, -0.05) is 12.1 Å². The van der Waals surface area contributed by atoms with Crippen LogP contribution in [0.4, 0.5) is 5.69 Å². The van der Waals surface area contributed by atoms with Crippen LogP contribution in [0.2, 0.25) is 0 Å². The van der Waals surface area contributed by atoms with Crippen LogP contribution in [0.3, 0.4) is 0 Å². The van der Waals surface area contributed by atoms with Crippen molar-refractivity contribution in [3.8, 4) is 17.2 Å². The van der Waals surface area contributed by atoms with E-state index in [-0.39, 0.29) is 6.54 Å². The van der Waals surface area contributed by atoms with Gasteiger partial charge in [-0.15, -0.1) is 11.3 Å². The van der Waals surface area contributed by atoms with E-state index < -0.39 is 17.2 Å². The lowest BCUT2D eigenvalue weighted by Crippen LogP contribution is -2.40. The minimum Gasteiger partial charge on any atom is -0.497 e. The number of carbonyl (C=O) groups excluding carboxylic acids is 1. The van der Waals surface area contributed by atoms with Gasteiger partial charge in [-0.05, 0) is 48.2 Å². The van der Waals surface area contributed by atoms with Crippen LogP contribution in [0.25, 0.3) is 15.9 Å². The lowest BCUT2D eigenvalue weighted by molar-refractivity contribution is -0.116. The standard InChI is InChI=1S/C23H21N3O5S/c1-14-5-4-6-15(11-14)26-22(28)21-18(9-10-32-21)25(23(26)29)13-20(27)24-17-12-16(30-2)7-8-19(17)31-3/h4-12H,13H2,1-3H3,(H,24,27). The minimum atomic E-state index is -0.584. The normalized spacial score (nSPS) is 10.8. The van der Waals surface area contributed by atoms with E-state index in [0.29, 0.717) is 33.1 Å². The zero-order valence-corrected chi connectivity index (χ0v) is 18.6. The summed E-state index contributed by atoms with van der Waals surface area (Å²) in [6, 6.07) is 13.8. The van der Waals surface area contributed by atoms with Crippen molar-refractivity contribution in [3.05, 3.63) is 80.3 Å². The third-order valence-electron chi connectivity index (χ3n) is 5.00. The predicted molar refractivity (Wildman–Crippen MR) is 125 cm³/mol. The van der Waals surface area contributed by atoms with Crippen molar-refractivity contribution >= 4 is 33.1 Å². The van der Waals surface area contributed by atoms with E-state index >= 15 is 0 Å². The second-order valence-electron chi connectivity index (χ2n) is 7.10. The van der Waals surface area contributed by atoms with E-state index in [4.69, 9.17) is 9.47 Å². The number of nitrogens with one attached hydrogen (secondary N) is 1. The van der Waals surface area contributed by atoms with E-state index in [1.54, 1.807) is 47.8 Å². The molecule has 4 aromatic rings. The first-order valence-electron chi connectivity index (χ1n) is 9.75. The topological polar surface area (TPSA) is 91.6 Å². The molecule has 1 amide bonds. The molecule has 0 saturated carbocycles. The molecule has 0 aliphatic carbocycles. The summed E-state index contributed by atoms with van der Waals surface area (Å²) in [7, 11) is 3.02. The summed E-state index contributed by atoms with van der Waals surface area (Å²) in [5, 5.41) is 4.49. The average molecular weight is 452 g/mol. The quantitative estimate of drug-likeness (QED) is 0.486. The SMILES string of the molecule is COc1ccc(OC)c(NC(=O)Cn2c(=O)n(-c3cccc(C)c3)c(=O)c3sccc32)c1. The van der Waals surface area contributed by atoms with Gasteiger partial charge in [0.2, 0.25) is 5.91 Å². The number of carbonyl (C=O) groups is 1. The molecule has 2 aromatic heterocycles. The van der Waals surface area contributed by atoms with Gasteiger partial charge >= 0.3 is 5.69 Å². The van der Waals surface area contributed by atoms with E-state index in [1.165, 1.54) is 30.1 Å². The molecule has 0 atom stereocenters. The summed E-state index contributed by atoms with van der Waals surface area (Å²) < 4.78 is 13.3. The number of nitrogens with zero attached hydrogens (tertiary/aromatic N) is 2. The van der Waals surface area contributed by atoms with Crippen LogP contribution in [0.5, 0.6) is 11.5 Å². The van der Waals surface area contributed by atoms with Gasteiger partial charge in [-0.3, -0.25) is 14.2 Å². The molecule has 0 saturated heterocycles. The summed E-state index contributed by atoms with van der Waals surface area (Å²) in [4.78, 5) is 39.3. The molecular weight excluding hydrogens is 430 g/mol. The zero-order valence-electron chi connectivity index (χ0n) is 17.7. The molecule has 0 unspecified atom stereocenters. The first-order chi connectivity index (χ1) is 15.4. The summed E-state index contributed by atoms with van der Waals surface area (Å²) in [5.74, 6) is 0.559. The van der Waals surface area contributed by atoms with Crippen molar-refractivity contribution in [2.45, 2.75) is 13.5 Å². The Labute approximate surface area is 187 Å². The highest BCUT2D eigenvalue weighted by Crippen LogP contribution is 2.29. The van der Waals surface area contributed by atoms with Crippen LogP contribution in [0.15, 0.2) is 63.5 Å². The van der Waals surface area contributed by atoms with Gasteiger partial charge in [-0.25, -0.2) is 9.36 Å². The summed E-state index contributed by atoms with van der Waals surface area (Å²) in [6.45, 7) is 1.60. The third-order valence-corrected chi connectivity index (χ3v) is 5.89. The van der Waals surface area contributed by atoms with Gasteiger partial charge in [0.05, 0.1) is 31.1 Å². The smallest absolute Gasteiger partial charge is 0.336 e. The number of fused-ring (bicyclic) bond motifs is 1. The highest BCUT2D eigenvalue weighted by Gasteiger charge is 2.18. The Morgan fingerprint density at radius 2 is 1.88 bits per heavy atom. The van der Waals surface area contributed by atoms with Gasteiger partial charge in [0, 0.05) is 6.07 Å². The Bertz CT molecular complexity index is 1430. The number of aryl methyl sites for hydroxylation is 1. The Balaban J connectivity index is 1.77. The maximum atomic E-state index is 13.3. The number of hydrogen-bond donors (Lipinski definition) is 1. The predicted octanol–water partition coefficient (Wildman–Crippen LogP) is 3.18. The van der Waals surface area contributed by atoms with Gasteiger partial charge < -0.3 is 14.8 Å². The lowest BCUT2D eigenvalue weighted by Gasteiger charge is -2.14. The lowest BCUT2D eigenvalue weighted by atomic mass is 10.2. The number of aromatic nitrogens is 2. The van der Waals surface area contributed by atoms with Crippen molar-refractivity contribution in [2.75, 3.05) is 19.5 Å². The highest BCUT2D eigenvalue weighted by atomic mass is 32.1. The number of rotatable bonds is 6. The van der Waals surface area contributed by atoms with Gasteiger partial charge in [-0.2, -0.15) is 0 Å². The second kappa shape index (κ2) is 8.72. The first kappa shape index (κ1) is 21.4. The van der Waals surface area contributed by atoms with E-state index in [2.05, 4.69) is 5.32 Å². The number of hydrogen-bond acceptors (Lipinski definition) is 6. The van der Waals surface area contributed by atoms with Crippen molar-refractivity contribution in [1.82, 2.24) is 9.13 Å². The fourth-order valence-electron chi connectivity index (χ4n) is 3.48. The molecule has 8 nitrogen and oxygen atoms in total. The molecule has 32 heavy (non-hydrogen) atoms. The zero-order chi connectivity index (χ0) is 22.8. The van der Waals surface area contributed by atoms with Crippen molar-refractivity contribution in [2.24, 2.45) is 0 Å². The fourth-order valence-corrected chi connectivity index (χ4v) is 4.30.